The van der Waals surface area contributed by atoms with Gasteiger partial charge in [-0.3, -0.25) is 0 Å². The highest BCUT2D eigenvalue weighted by molar-refractivity contribution is 6.11. The summed E-state index contributed by atoms with van der Waals surface area (Å²) in [6.45, 7) is 4.97. The Labute approximate surface area is 153 Å². The zero-order valence-electron chi connectivity index (χ0n) is 15.5. The number of aryl methyl sites for hydroxylation is 2. The van der Waals surface area contributed by atoms with E-state index in [1.54, 1.807) is 0 Å². The first-order valence-corrected chi connectivity index (χ1v) is 9.72. The smallest absolute Gasteiger partial charge is 0.160 e. The fourth-order valence-corrected chi connectivity index (χ4v) is 4.44. The molecule has 0 radical (unpaired) electrons. The summed E-state index contributed by atoms with van der Waals surface area (Å²) < 4.78 is 1.97. The fourth-order valence-electron chi connectivity index (χ4n) is 4.44. The number of anilines is 1. The van der Waals surface area contributed by atoms with Crippen LogP contribution in [0.25, 0.3) is 11.0 Å². The van der Waals surface area contributed by atoms with E-state index in [4.69, 9.17) is 15.6 Å². The molecule has 2 aliphatic carbocycles. The first-order chi connectivity index (χ1) is 12.6. The van der Waals surface area contributed by atoms with E-state index in [1.807, 2.05) is 10.9 Å². The average molecular weight is 354 g/mol. The third-order valence-electron chi connectivity index (χ3n) is 6.11. The third kappa shape index (κ3) is 2.33. The van der Waals surface area contributed by atoms with Gasteiger partial charge in [-0.25, -0.2) is 9.67 Å². The van der Waals surface area contributed by atoms with Crippen molar-refractivity contribution in [3.05, 3.63) is 17.5 Å². The van der Waals surface area contributed by atoms with E-state index in [2.05, 4.69) is 29.4 Å². The molecule has 0 bridgehead atoms. The van der Waals surface area contributed by atoms with Gasteiger partial charge in [-0.1, -0.05) is 5.16 Å². The van der Waals surface area contributed by atoms with Crippen LogP contribution >= 0.6 is 0 Å². The van der Waals surface area contributed by atoms with Gasteiger partial charge >= 0.3 is 0 Å². The van der Waals surface area contributed by atoms with Crippen molar-refractivity contribution < 1.29 is 4.84 Å². The maximum absolute atomic E-state index is 5.98. The van der Waals surface area contributed by atoms with Gasteiger partial charge in [0.05, 0.1) is 22.5 Å². The minimum absolute atomic E-state index is 0.180. The Balaban J connectivity index is 1.58. The molecule has 7 heteroatoms. The van der Waals surface area contributed by atoms with Crippen LogP contribution < -0.4 is 11.1 Å². The van der Waals surface area contributed by atoms with E-state index >= 15 is 0 Å². The molecule has 138 valence electrons. The number of pyridine rings is 1. The molecule has 3 N–H and O–H groups in total. The highest BCUT2D eigenvalue weighted by atomic mass is 16.7. The van der Waals surface area contributed by atoms with Gasteiger partial charge in [-0.2, -0.15) is 5.10 Å². The number of aromatic nitrogens is 3. The maximum Gasteiger partial charge on any atom is 0.160 e. The quantitative estimate of drug-likeness (QED) is 0.881. The van der Waals surface area contributed by atoms with Crippen LogP contribution in [0.15, 0.2) is 11.4 Å². The second-order valence-corrected chi connectivity index (χ2v) is 8.08. The molecule has 7 nitrogen and oxygen atoms in total. The molecule has 0 saturated heterocycles. The molecule has 2 fully saturated rings. The van der Waals surface area contributed by atoms with Gasteiger partial charge in [0.15, 0.2) is 5.65 Å². The lowest BCUT2D eigenvalue weighted by Gasteiger charge is -2.40. The lowest BCUT2D eigenvalue weighted by molar-refractivity contribution is -0.0856. The highest BCUT2D eigenvalue weighted by Gasteiger charge is 2.50. The van der Waals surface area contributed by atoms with Crippen LogP contribution in [0.5, 0.6) is 0 Å². The summed E-state index contributed by atoms with van der Waals surface area (Å²) in [7, 11) is 0. The van der Waals surface area contributed by atoms with Crippen molar-refractivity contribution in [1.29, 1.82) is 0 Å². The molecule has 0 unspecified atom stereocenters. The van der Waals surface area contributed by atoms with Gasteiger partial charge in [-0.05, 0) is 33.1 Å². The minimum atomic E-state index is -0.180. The summed E-state index contributed by atoms with van der Waals surface area (Å²) in [5.74, 6) is 0. The second kappa shape index (κ2) is 5.67. The van der Waals surface area contributed by atoms with Crippen LogP contribution in [0.3, 0.4) is 0 Å². The predicted octanol–water partition coefficient (Wildman–Crippen LogP) is 2.71. The summed E-state index contributed by atoms with van der Waals surface area (Å²) in [5.41, 5.74) is 10.9. The first kappa shape index (κ1) is 16.1. The van der Waals surface area contributed by atoms with Gasteiger partial charge in [0.1, 0.15) is 5.60 Å². The normalized spacial score (nSPS) is 28.0. The summed E-state index contributed by atoms with van der Waals surface area (Å²) in [4.78, 5) is 10.5. The lowest BCUT2D eigenvalue weighted by Crippen LogP contribution is -2.51. The molecule has 0 amide bonds. The number of hydrogen-bond acceptors (Lipinski definition) is 6. The molecule has 3 aliphatic rings. The molecule has 1 aliphatic heterocycles. The summed E-state index contributed by atoms with van der Waals surface area (Å²) in [6.07, 6.45) is 8.24. The number of nitrogens with zero attached hydrogens (tertiary/aromatic N) is 4. The zero-order chi connectivity index (χ0) is 17.9. The van der Waals surface area contributed by atoms with E-state index in [9.17, 15) is 0 Å². The number of rotatable bonds is 4. The van der Waals surface area contributed by atoms with Crippen LogP contribution in [0.1, 0.15) is 56.7 Å². The summed E-state index contributed by atoms with van der Waals surface area (Å²) in [6, 6.07) is 0.764. The van der Waals surface area contributed by atoms with Gasteiger partial charge < -0.3 is 15.9 Å². The Morgan fingerprint density at radius 1 is 1.38 bits per heavy atom. The zero-order valence-corrected chi connectivity index (χ0v) is 15.5. The van der Waals surface area contributed by atoms with E-state index in [1.165, 1.54) is 19.3 Å². The second-order valence-electron chi connectivity index (χ2n) is 8.08. The van der Waals surface area contributed by atoms with E-state index in [0.717, 1.165) is 59.5 Å². The molecule has 2 aromatic heterocycles. The molecule has 1 spiro atoms. The minimum Gasteiger partial charge on any atom is -0.388 e. The number of hydrogen-bond donors (Lipinski definition) is 2. The SMILES string of the molecule is CCn1nc(C)c2c(NC3CCC3)c(C3=NOC4(C3)CC(N)C4)cnc21. The van der Waals surface area contributed by atoms with Gasteiger partial charge in [-0.15, -0.1) is 0 Å². The summed E-state index contributed by atoms with van der Waals surface area (Å²) >= 11 is 0. The standard InChI is InChI=1S/C19H26N6O/c1-3-25-18-16(11(2)23-25)17(22-13-5-4-6-13)14(10-21-18)15-9-19(26-24-15)7-12(20)8-19/h10,12-13H,3-9,20H2,1-2H3,(H,21,22). The number of nitrogens with two attached hydrogens (primary N) is 1. The maximum atomic E-state index is 5.98. The van der Waals surface area contributed by atoms with Crippen LogP contribution in [0, 0.1) is 6.92 Å². The van der Waals surface area contributed by atoms with Crippen molar-refractivity contribution in [3.63, 3.8) is 0 Å². The van der Waals surface area contributed by atoms with Crippen molar-refractivity contribution >= 4 is 22.4 Å². The molecule has 2 aromatic rings. The van der Waals surface area contributed by atoms with Crippen LogP contribution in [-0.2, 0) is 11.4 Å². The molecular formula is C19H26N6O. The van der Waals surface area contributed by atoms with Crippen molar-refractivity contribution in [3.8, 4) is 0 Å². The molecule has 3 heterocycles. The van der Waals surface area contributed by atoms with Crippen molar-refractivity contribution in [2.24, 2.45) is 10.9 Å². The number of oxime groups is 1. The van der Waals surface area contributed by atoms with Crippen LogP contribution in [0.2, 0.25) is 0 Å². The molecule has 5 rings (SSSR count). The van der Waals surface area contributed by atoms with Gasteiger partial charge in [0, 0.05) is 49.7 Å². The van der Waals surface area contributed by atoms with Crippen molar-refractivity contribution in [2.75, 3.05) is 5.32 Å². The number of fused-ring (bicyclic) bond motifs is 1. The Hall–Kier alpha value is -2.15. The third-order valence-corrected chi connectivity index (χ3v) is 6.11. The fraction of sp³-hybridized carbons (Fsp3) is 0.632. The lowest BCUT2D eigenvalue weighted by atomic mass is 9.73. The number of nitrogens with one attached hydrogen (secondary N) is 1. The van der Waals surface area contributed by atoms with E-state index < -0.39 is 0 Å². The molecule has 26 heavy (non-hydrogen) atoms. The van der Waals surface area contributed by atoms with Gasteiger partial charge in [0.2, 0.25) is 0 Å². The molecule has 0 aromatic carbocycles. The predicted molar refractivity (Wildman–Crippen MR) is 101 cm³/mol. The van der Waals surface area contributed by atoms with E-state index in [-0.39, 0.29) is 11.6 Å². The molecule has 2 saturated carbocycles. The topological polar surface area (TPSA) is 90.3 Å². The van der Waals surface area contributed by atoms with Crippen LogP contribution in [-0.4, -0.2) is 38.2 Å². The average Bonchev–Trinajstić information content (AvgIpc) is 3.13. The monoisotopic (exact) mass is 354 g/mol. The molecular weight excluding hydrogens is 328 g/mol. The largest absolute Gasteiger partial charge is 0.388 e. The van der Waals surface area contributed by atoms with Crippen molar-refractivity contribution in [2.45, 2.75) is 76.6 Å². The van der Waals surface area contributed by atoms with Crippen LogP contribution in [0.4, 0.5) is 5.69 Å². The van der Waals surface area contributed by atoms with Crippen molar-refractivity contribution in [1.82, 2.24) is 14.8 Å². The Morgan fingerprint density at radius 2 is 2.19 bits per heavy atom. The van der Waals surface area contributed by atoms with E-state index in [0.29, 0.717) is 6.04 Å². The van der Waals surface area contributed by atoms with Gasteiger partial charge in [0.25, 0.3) is 0 Å². The molecule has 0 atom stereocenters. The first-order valence-electron chi connectivity index (χ1n) is 9.72. The highest BCUT2D eigenvalue weighted by Crippen LogP contribution is 2.44. The Kier molecular flexibility index (Phi) is 3.50. The Morgan fingerprint density at radius 3 is 2.85 bits per heavy atom. The Bertz CT molecular complexity index is 891. The summed E-state index contributed by atoms with van der Waals surface area (Å²) in [5, 5.41) is 14.0.